The summed E-state index contributed by atoms with van der Waals surface area (Å²) in [6.07, 6.45) is 0. The summed E-state index contributed by atoms with van der Waals surface area (Å²) in [6, 6.07) is 3.82. The van der Waals surface area contributed by atoms with E-state index in [0.29, 0.717) is 0 Å². The molecular weight excluding hydrogens is 267 g/mol. The molecule has 20 heavy (non-hydrogen) atoms. The van der Waals surface area contributed by atoms with E-state index < -0.39 is 29.0 Å². The molecule has 5 heteroatoms. The standard InChI is InChI=1S/C15H18F3NO/c1-9(2)19-7-11(8-19)15(17,18)13-6-4-5-12(10(3)20)14(13)16/h4-6,9,11H,7-8H2,1-3H3. The smallest absolute Gasteiger partial charge is 0.281 e. The minimum absolute atomic E-state index is 0.204. The number of carbonyl (C=O) groups is 1. The Labute approximate surface area is 116 Å². The minimum atomic E-state index is -3.25. The van der Waals surface area contributed by atoms with Gasteiger partial charge in [-0.2, -0.15) is 0 Å². The number of likely N-dealkylation sites (tertiary alicyclic amines) is 1. The molecule has 1 aliphatic rings. The number of nitrogens with zero attached hydrogens (tertiary/aromatic N) is 1. The molecular formula is C15H18F3NO. The van der Waals surface area contributed by atoms with Crippen molar-refractivity contribution in [2.24, 2.45) is 5.92 Å². The molecule has 0 amide bonds. The first-order chi connectivity index (χ1) is 9.25. The van der Waals surface area contributed by atoms with Crippen molar-refractivity contribution >= 4 is 5.78 Å². The van der Waals surface area contributed by atoms with Crippen LogP contribution in [0.3, 0.4) is 0 Å². The van der Waals surface area contributed by atoms with Crippen LogP contribution in [0.15, 0.2) is 18.2 Å². The van der Waals surface area contributed by atoms with Gasteiger partial charge in [0.1, 0.15) is 5.82 Å². The van der Waals surface area contributed by atoms with Crippen molar-refractivity contribution in [2.45, 2.75) is 32.7 Å². The Balaban J connectivity index is 2.27. The Kier molecular flexibility index (Phi) is 3.91. The van der Waals surface area contributed by atoms with Crippen LogP contribution in [0.4, 0.5) is 13.2 Å². The Morgan fingerprint density at radius 1 is 1.35 bits per heavy atom. The molecule has 0 bridgehead atoms. The number of rotatable bonds is 4. The van der Waals surface area contributed by atoms with E-state index in [-0.39, 0.29) is 24.7 Å². The first-order valence-electron chi connectivity index (χ1n) is 6.67. The van der Waals surface area contributed by atoms with Gasteiger partial charge in [0, 0.05) is 19.1 Å². The van der Waals surface area contributed by atoms with E-state index in [1.165, 1.54) is 19.1 Å². The molecule has 0 atom stereocenters. The molecule has 0 spiro atoms. The van der Waals surface area contributed by atoms with Crippen molar-refractivity contribution in [2.75, 3.05) is 13.1 Å². The molecule has 2 nitrogen and oxygen atoms in total. The lowest BCUT2D eigenvalue weighted by Gasteiger charge is -2.45. The maximum Gasteiger partial charge on any atom is 0.281 e. The van der Waals surface area contributed by atoms with Gasteiger partial charge in [-0.05, 0) is 26.8 Å². The van der Waals surface area contributed by atoms with Gasteiger partial charge in [0.05, 0.1) is 17.0 Å². The fraction of sp³-hybridized carbons (Fsp3) is 0.533. The van der Waals surface area contributed by atoms with Crippen molar-refractivity contribution in [1.82, 2.24) is 4.90 Å². The van der Waals surface area contributed by atoms with Crippen molar-refractivity contribution in [3.63, 3.8) is 0 Å². The van der Waals surface area contributed by atoms with Crippen LogP contribution in [0.2, 0.25) is 0 Å². The number of halogens is 3. The number of alkyl halides is 2. The van der Waals surface area contributed by atoms with Crippen LogP contribution in [-0.4, -0.2) is 29.8 Å². The first kappa shape index (κ1) is 15.0. The molecule has 0 aromatic heterocycles. The fourth-order valence-corrected chi connectivity index (χ4v) is 2.44. The highest BCUT2D eigenvalue weighted by molar-refractivity contribution is 5.94. The van der Waals surface area contributed by atoms with Gasteiger partial charge < -0.3 is 0 Å². The summed E-state index contributed by atoms with van der Waals surface area (Å²) >= 11 is 0. The Morgan fingerprint density at radius 2 is 1.95 bits per heavy atom. The van der Waals surface area contributed by atoms with Gasteiger partial charge >= 0.3 is 0 Å². The van der Waals surface area contributed by atoms with Gasteiger partial charge in [0.25, 0.3) is 5.92 Å². The van der Waals surface area contributed by atoms with E-state index in [0.717, 1.165) is 6.07 Å². The lowest BCUT2D eigenvalue weighted by atomic mass is 9.86. The maximum atomic E-state index is 14.4. The van der Waals surface area contributed by atoms with Gasteiger partial charge in [0.2, 0.25) is 0 Å². The quantitative estimate of drug-likeness (QED) is 0.790. The van der Waals surface area contributed by atoms with Gasteiger partial charge in [-0.25, -0.2) is 13.2 Å². The third-order valence-electron chi connectivity index (χ3n) is 3.89. The normalized spacial score (nSPS) is 17.4. The van der Waals surface area contributed by atoms with Crippen LogP contribution < -0.4 is 0 Å². The average Bonchev–Trinajstić information content (AvgIpc) is 2.25. The number of benzene rings is 1. The van der Waals surface area contributed by atoms with Crippen LogP contribution in [0, 0.1) is 11.7 Å². The van der Waals surface area contributed by atoms with E-state index in [9.17, 15) is 18.0 Å². The largest absolute Gasteiger partial charge is 0.300 e. The molecule has 0 aliphatic carbocycles. The predicted octanol–water partition coefficient (Wildman–Crippen LogP) is 3.46. The molecule has 0 radical (unpaired) electrons. The van der Waals surface area contributed by atoms with Crippen molar-refractivity contribution in [3.8, 4) is 0 Å². The van der Waals surface area contributed by atoms with E-state index in [1.807, 2.05) is 18.7 Å². The molecule has 0 unspecified atom stereocenters. The number of hydrogen-bond acceptors (Lipinski definition) is 2. The van der Waals surface area contributed by atoms with Crippen LogP contribution in [0.25, 0.3) is 0 Å². The summed E-state index contributed by atoms with van der Waals surface area (Å²) in [5, 5.41) is 0. The van der Waals surface area contributed by atoms with E-state index in [2.05, 4.69) is 0 Å². The van der Waals surface area contributed by atoms with Gasteiger partial charge in [-0.15, -0.1) is 0 Å². The first-order valence-corrected chi connectivity index (χ1v) is 6.67. The summed E-state index contributed by atoms with van der Waals surface area (Å²) in [6.45, 7) is 5.53. The van der Waals surface area contributed by atoms with Crippen molar-refractivity contribution in [3.05, 3.63) is 35.1 Å². The molecule has 0 saturated carbocycles. The highest BCUT2D eigenvalue weighted by atomic mass is 19.3. The lowest BCUT2D eigenvalue weighted by Crippen LogP contribution is -2.56. The highest BCUT2D eigenvalue weighted by Gasteiger charge is 2.49. The lowest BCUT2D eigenvalue weighted by molar-refractivity contribution is -0.132. The summed E-state index contributed by atoms with van der Waals surface area (Å²) in [7, 11) is 0. The molecule has 110 valence electrons. The summed E-state index contributed by atoms with van der Waals surface area (Å²) in [5.74, 6) is -5.78. The topological polar surface area (TPSA) is 20.3 Å². The third kappa shape index (κ3) is 2.46. The molecule has 2 rings (SSSR count). The van der Waals surface area contributed by atoms with Crippen molar-refractivity contribution in [1.29, 1.82) is 0 Å². The van der Waals surface area contributed by atoms with Gasteiger partial charge in [0.15, 0.2) is 5.78 Å². The van der Waals surface area contributed by atoms with E-state index >= 15 is 0 Å². The molecule has 1 aromatic rings. The third-order valence-corrected chi connectivity index (χ3v) is 3.89. The monoisotopic (exact) mass is 285 g/mol. The van der Waals surface area contributed by atoms with Crippen LogP contribution >= 0.6 is 0 Å². The van der Waals surface area contributed by atoms with Gasteiger partial charge in [-0.1, -0.05) is 12.1 Å². The van der Waals surface area contributed by atoms with E-state index in [4.69, 9.17) is 0 Å². The minimum Gasteiger partial charge on any atom is -0.300 e. The zero-order valence-electron chi connectivity index (χ0n) is 11.8. The van der Waals surface area contributed by atoms with Gasteiger partial charge in [-0.3, -0.25) is 9.69 Å². The second kappa shape index (κ2) is 5.20. The zero-order chi connectivity index (χ0) is 15.1. The molecule has 1 heterocycles. The molecule has 1 saturated heterocycles. The second-order valence-electron chi connectivity index (χ2n) is 5.59. The average molecular weight is 285 g/mol. The molecule has 1 fully saturated rings. The van der Waals surface area contributed by atoms with Crippen LogP contribution in [0.1, 0.15) is 36.7 Å². The number of Topliss-reactive ketones (excluding diaryl/α,β-unsaturated/α-hetero) is 1. The highest BCUT2D eigenvalue weighted by Crippen LogP contribution is 2.42. The maximum absolute atomic E-state index is 14.4. The molecule has 1 aromatic carbocycles. The van der Waals surface area contributed by atoms with Crippen LogP contribution in [0.5, 0.6) is 0 Å². The van der Waals surface area contributed by atoms with E-state index in [1.54, 1.807) is 0 Å². The summed E-state index contributed by atoms with van der Waals surface area (Å²) in [5.41, 5.74) is -0.944. The Bertz CT molecular complexity index is 522. The predicted molar refractivity (Wildman–Crippen MR) is 70.5 cm³/mol. The fourth-order valence-electron chi connectivity index (χ4n) is 2.44. The van der Waals surface area contributed by atoms with Crippen LogP contribution in [-0.2, 0) is 5.92 Å². The zero-order valence-corrected chi connectivity index (χ0v) is 11.8. The SMILES string of the molecule is CC(=O)c1cccc(C(F)(F)C2CN(C(C)C)C2)c1F. The second-order valence-corrected chi connectivity index (χ2v) is 5.59. The Morgan fingerprint density at radius 3 is 2.45 bits per heavy atom. The Hall–Kier alpha value is -1.36. The molecule has 0 N–H and O–H groups in total. The number of hydrogen-bond donors (Lipinski definition) is 0. The number of ketones is 1. The number of carbonyl (C=O) groups excluding carboxylic acids is 1. The van der Waals surface area contributed by atoms with Crippen molar-refractivity contribution < 1.29 is 18.0 Å². The summed E-state index contributed by atoms with van der Waals surface area (Å²) in [4.78, 5) is 13.2. The summed E-state index contributed by atoms with van der Waals surface area (Å²) < 4.78 is 42.8. The molecule has 1 aliphatic heterocycles.